The van der Waals surface area contributed by atoms with Gasteiger partial charge < -0.3 is 10.6 Å². The Morgan fingerprint density at radius 3 is 2.42 bits per heavy atom. The third-order valence-electron chi connectivity index (χ3n) is 3.40. The summed E-state index contributed by atoms with van der Waals surface area (Å²) in [4.78, 5) is 2.00. The van der Waals surface area contributed by atoms with Crippen molar-refractivity contribution in [3.63, 3.8) is 0 Å². The molecule has 96 valence electrons. The summed E-state index contributed by atoms with van der Waals surface area (Å²) in [6.45, 7) is 4.17. The summed E-state index contributed by atoms with van der Waals surface area (Å²) in [7, 11) is 1.96. The Kier molecular flexibility index (Phi) is 3.43. The lowest BCUT2D eigenvalue weighted by atomic mass is 10.1. The number of rotatable bonds is 2. The van der Waals surface area contributed by atoms with Crippen molar-refractivity contribution in [2.24, 2.45) is 0 Å². The monoisotopic (exact) mass is 251 g/mol. The molecular weight excluding hydrogens is 234 g/mol. The molecule has 0 saturated carbocycles. The first kappa shape index (κ1) is 13.0. The summed E-state index contributed by atoms with van der Waals surface area (Å²) in [6.07, 6.45) is 0. The molecule has 0 aliphatic carbocycles. The van der Waals surface area contributed by atoms with E-state index in [0.717, 1.165) is 11.4 Å². The van der Waals surface area contributed by atoms with Crippen molar-refractivity contribution in [2.75, 3.05) is 17.7 Å². The summed E-state index contributed by atoms with van der Waals surface area (Å²) in [6, 6.07) is 13.7. The Bertz CT molecular complexity index is 654. The lowest BCUT2D eigenvalue weighted by Crippen LogP contribution is -2.12. The van der Waals surface area contributed by atoms with Crippen molar-refractivity contribution in [1.82, 2.24) is 0 Å². The van der Waals surface area contributed by atoms with E-state index in [0.29, 0.717) is 11.3 Å². The van der Waals surface area contributed by atoms with E-state index in [9.17, 15) is 0 Å². The van der Waals surface area contributed by atoms with Crippen LogP contribution in [0.15, 0.2) is 36.4 Å². The first-order valence-corrected chi connectivity index (χ1v) is 6.13. The predicted octanol–water partition coefficient (Wildman–Crippen LogP) is 3.53. The third-order valence-corrected chi connectivity index (χ3v) is 3.40. The van der Waals surface area contributed by atoms with Crippen LogP contribution in [-0.4, -0.2) is 7.05 Å². The number of hydrogen-bond acceptors (Lipinski definition) is 3. The van der Waals surface area contributed by atoms with Crippen molar-refractivity contribution in [3.8, 4) is 6.07 Å². The van der Waals surface area contributed by atoms with Crippen molar-refractivity contribution in [1.29, 1.82) is 5.26 Å². The maximum absolute atomic E-state index is 8.98. The van der Waals surface area contributed by atoms with Gasteiger partial charge in [-0.15, -0.1) is 0 Å². The molecule has 19 heavy (non-hydrogen) atoms. The van der Waals surface area contributed by atoms with Crippen LogP contribution in [-0.2, 0) is 0 Å². The largest absolute Gasteiger partial charge is 0.397 e. The molecule has 0 aliphatic rings. The molecule has 0 aromatic heterocycles. The Morgan fingerprint density at radius 2 is 1.79 bits per heavy atom. The van der Waals surface area contributed by atoms with Gasteiger partial charge in [0.15, 0.2) is 0 Å². The smallest absolute Gasteiger partial charge is 0.0992 e. The van der Waals surface area contributed by atoms with Crippen molar-refractivity contribution < 1.29 is 0 Å². The van der Waals surface area contributed by atoms with Gasteiger partial charge in [0.1, 0.15) is 0 Å². The van der Waals surface area contributed by atoms with E-state index in [2.05, 4.69) is 38.1 Å². The first-order chi connectivity index (χ1) is 9.02. The van der Waals surface area contributed by atoms with Crippen molar-refractivity contribution in [2.45, 2.75) is 13.8 Å². The quantitative estimate of drug-likeness (QED) is 0.831. The normalized spacial score (nSPS) is 10.0. The number of anilines is 3. The van der Waals surface area contributed by atoms with Crippen LogP contribution < -0.4 is 10.6 Å². The minimum absolute atomic E-state index is 0.611. The zero-order valence-electron chi connectivity index (χ0n) is 11.4. The topological polar surface area (TPSA) is 53.0 Å². The molecule has 0 radical (unpaired) electrons. The SMILES string of the molecule is Cc1ccc(N(C)c2cc(C#N)ccc2N)cc1C. The molecule has 2 N–H and O–H groups in total. The zero-order chi connectivity index (χ0) is 14.0. The van der Waals surface area contributed by atoms with Crippen LogP contribution in [0.1, 0.15) is 16.7 Å². The van der Waals surface area contributed by atoms with Crippen LogP contribution in [0.25, 0.3) is 0 Å². The number of nitrogens with zero attached hydrogens (tertiary/aromatic N) is 2. The molecule has 0 fully saturated rings. The fourth-order valence-corrected chi connectivity index (χ4v) is 1.98. The van der Waals surface area contributed by atoms with E-state index in [4.69, 9.17) is 11.0 Å². The molecule has 2 aromatic carbocycles. The van der Waals surface area contributed by atoms with Gasteiger partial charge in [0.05, 0.1) is 23.0 Å². The van der Waals surface area contributed by atoms with E-state index in [1.165, 1.54) is 11.1 Å². The summed E-state index contributed by atoms with van der Waals surface area (Å²) in [5.74, 6) is 0. The zero-order valence-corrected chi connectivity index (χ0v) is 11.4. The van der Waals surface area contributed by atoms with Gasteiger partial charge in [-0.2, -0.15) is 5.26 Å². The summed E-state index contributed by atoms with van der Waals surface area (Å²) in [5.41, 5.74) is 11.7. The molecule has 0 bridgehead atoms. The highest BCUT2D eigenvalue weighted by Crippen LogP contribution is 2.30. The van der Waals surface area contributed by atoms with Crippen LogP contribution >= 0.6 is 0 Å². The van der Waals surface area contributed by atoms with Gasteiger partial charge in [-0.3, -0.25) is 0 Å². The Hall–Kier alpha value is -2.47. The molecule has 2 aromatic rings. The van der Waals surface area contributed by atoms with E-state index >= 15 is 0 Å². The number of benzene rings is 2. The van der Waals surface area contributed by atoms with Gasteiger partial charge in [-0.1, -0.05) is 6.07 Å². The number of hydrogen-bond donors (Lipinski definition) is 1. The molecule has 0 heterocycles. The second kappa shape index (κ2) is 5.03. The Morgan fingerprint density at radius 1 is 1.05 bits per heavy atom. The van der Waals surface area contributed by atoms with E-state index < -0.39 is 0 Å². The highest BCUT2D eigenvalue weighted by atomic mass is 15.1. The molecule has 0 amide bonds. The number of aryl methyl sites for hydroxylation is 2. The van der Waals surface area contributed by atoms with Crippen molar-refractivity contribution in [3.05, 3.63) is 53.1 Å². The Labute approximate surface area is 113 Å². The Balaban J connectivity index is 2.46. The van der Waals surface area contributed by atoms with Crippen LogP contribution in [0.5, 0.6) is 0 Å². The van der Waals surface area contributed by atoms with Crippen LogP contribution in [0.2, 0.25) is 0 Å². The van der Waals surface area contributed by atoms with Crippen LogP contribution in [0, 0.1) is 25.2 Å². The average molecular weight is 251 g/mol. The maximum Gasteiger partial charge on any atom is 0.0992 e. The van der Waals surface area contributed by atoms with Gasteiger partial charge in [0.2, 0.25) is 0 Å². The second-order valence-corrected chi connectivity index (χ2v) is 4.71. The molecule has 3 nitrogen and oxygen atoms in total. The third kappa shape index (κ3) is 2.53. The highest BCUT2D eigenvalue weighted by molar-refractivity contribution is 5.76. The number of nitrogens with two attached hydrogens (primary N) is 1. The molecule has 0 spiro atoms. The molecule has 0 saturated heterocycles. The van der Waals surface area contributed by atoms with Gasteiger partial charge in [-0.05, 0) is 55.3 Å². The van der Waals surface area contributed by atoms with E-state index in [1.807, 2.05) is 18.0 Å². The molecule has 0 aliphatic heterocycles. The molecule has 2 rings (SSSR count). The van der Waals surface area contributed by atoms with E-state index in [1.54, 1.807) is 12.1 Å². The summed E-state index contributed by atoms with van der Waals surface area (Å²) >= 11 is 0. The molecule has 0 atom stereocenters. The van der Waals surface area contributed by atoms with Crippen LogP contribution in [0.4, 0.5) is 17.1 Å². The van der Waals surface area contributed by atoms with E-state index in [-0.39, 0.29) is 0 Å². The standard InChI is InChI=1S/C16H17N3/c1-11-4-6-14(8-12(11)2)19(3)16-9-13(10-17)5-7-15(16)18/h4-9H,18H2,1-3H3. The van der Waals surface area contributed by atoms with Crippen LogP contribution in [0.3, 0.4) is 0 Å². The van der Waals surface area contributed by atoms with Gasteiger partial charge in [0, 0.05) is 12.7 Å². The summed E-state index contributed by atoms with van der Waals surface area (Å²) < 4.78 is 0. The first-order valence-electron chi connectivity index (χ1n) is 6.13. The molecular formula is C16H17N3. The number of nitrogen functional groups attached to an aromatic ring is 1. The lowest BCUT2D eigenvalue weighted by Gasteiger charge is -2.22. The van der Waals surface area contributed by atoms with Gasteiger partial charge in [-0.25, -0.2) is 0 Å². The highest BCUT2D eigenvalue weighted by Gasteiger charge is 2.09. The van der Waals surface area contributed by atoms with Gasteiger partial charge >= 0.3 is 0 Å². The number of nitriles is 1. The van der Waals surface area contributed by atoms with Gasteiger partial charge in [0.25, 0.3) is 0 Å². The average Bonchev–Trinajstić information content (AvgIpc) is 2.41. The maximum atomic E-state index is 8.98. The summed E-state index contributed by atoms with van der Waals surface area (Å²) in [5, 5.41) is 8.98. The molecule has 0 unspecified atom stereocenters. The fraction of sp³-hybridized carbons (Fsp3) is 0.188. The lowest BCUT2D eigenvalue weighted by molar-refractivity contribution is 1.19. The minimum Gasteiger partial charge on any atom is -0.397 e. The minimum atomic E-state index is 0.611. The van der Waals surface area contributed by atoms with Crippen molar-refractivity contribution >= 4 is 17.1 Å². The predicted molar refractivity (Wildman–Crippen MR) is 79.5 cm³/mol. The second-order valence-electron chi connectivity index (χ2n) is 4.71. The molecule has 3 heteroatoms. The fourth-order valence-electron chi connectivity index (χ4n) is 1.98.